The molecule has 1 atom stereocenters. The molecule has 1 aliphatic rings. The molecule has 0 aromatic rings. The fraction of sp³-hybridized carbons (Fsp3) is 0.917. The number of likely N-dealkylation sites (N-methyl/N-ethyl adjacent to an activating group) is 1. The first-order valence-corrected chi connectivity index (χ1v) is 5.97. The highest BCUT2D eigenvalue weighted by atomic mass is 16.2. The Bertz CT molecular complexity index is 220. The van der Waals surface area contributed by atoms with Gasteiger partial charge in [0.1, 0.15) is 0 Å². The summed E-state index contributed by atoms with van der Waals surface area (Å²) in [7, 11) is 1.82. The van der Waals surface area contributed by atoms with Crippen molar-refractivity contribution >= 4 is 5.91 Å². The van der Waals surface area contributed by atoms with E-state index in [0.29, 0.717) is 12.0 Å². The van der Waals surface area contributed by atoms with Crippen LogP contribution in [-0.2, 0) is 4.79 Å². The van der Waals surface area contributed by atoms with Gasteiger partial charge in [0.05, 0.1) is 5.54 Å². The van der Waals surface area contributed by atoms with Crippen LogP contribution < -0.4 is 10.6 Å². The van der Waals surface area contributed by atoms with Crippen molar-refractivity contribution < 1.29 is 4.79 Å². The molecule has 0 radical (unpaired) electrons. The van der Waals surface area contributed by atoms with Crippen LogP contribution in [0.25, 0.3) is 0 Å². The van der Waals surface area contributed by atoms with Crippen molar-refractivity contribution in [2.75, 3.05) is 7.05 Å². The van der Waals surface area contributed by atoms with E-state index in [1.165, 1.54) is 25.7 Å². The third-order valence-electron chi connectivity index (χ3n) is 3.66. The maximum absolute atomic E-state index is 11.9. The number of amides is 1. The Labute approximate surface area is 93.0 Å². The van der Waals surface area contributed by atoms with Gasteiger partial charge in [0.2, 0.25) is 5.91 Å². The summed E-state index contributed by atoms with van der Waals surface area (Å²) < 4.78 is 0. The predicted molar refractivity (Wildman–Crippen MR) is 62.7 cm³/mol. The third-order valence-corrected chi connectivity index (χ3v) is 3.66. The van der Waals surface area contributed by atoms with E-state index < -0.39 is 5.54 Å². The maximum atomic E-state index is 11.9. The van der Waals surface area contributed by atoms with E-state index in [0.717, 1.165) is 0 Å². The lowest BCUT2D eigenvalue weighted by molar-refractivity contribution is -0.127. The highest BCUT2D eigenvalue weighted by molar-refractivity contribution is 5.85. The Kier molecular flexibility index (Phi) is 4.14. The molecule has 88 valence electrons. The predicted octanol–water partition coefficient (Wildman–Crippen LogP) is 1.68. The quantitative estimate of drug-likeness (QED) is 0.744. The minimum absolute atomic E-state index is 0.101. The van der Waals surface area contributed by atoms with Crippen molar-refractivity contribution in [3.8, 4) is 0 Å². The average Bonchev–Trinajstić information content (AvgIpc) is 2.70. The summed E-state index contributed by atoms with van der Waals surface area (Å²) in [6, 6.07) is 0.313. The van der Waals surface area contributed by atoms with Crippen LogP contribution in [0.15, 0.2) is 0 Å². The van der Waals surface area contributed by atoms with Crippen LogP contribution in [0.2, 0.25) is 0 Å². The number of rotatable bonds is 4. The van der Waals surface area contributed by atoms with Crippen molar-refractivity contribution in [1.82, 2.24) is 10.6 Å². The molecule has 0 aliphatic heterocycles. The fourth-order valence-corrected chi connectivity index (χ4v) is 2.08. The van der Waals surface area contributed by atoms with Crippen LogP contribution in [0.1, 0.15) is 46.5 Å². The van der Waals surface area contributed by atoms with Gasteiger partial charge in [0, 0.05) is 6.04 Å². The Morgan fingerprint density at radius 3 is 2.33 bits per heavy atom. The zero-order chi connectivity index (χ0) is 11.5. The molecular formula is C12H24N2O. The van der Waals surface area contributed by atoms with Gasteiger partial charge in [-0.25, -0.2) is 0 Å². The molecule has 2 N–H and O–H groups in total. The molecule has 1 fully saturated rings. The molecule has 3 nitrogen and oxygen atoms in total. The van der Waals surface area contributed by atoms with E-state index in [2.05, 4.69) is 17.6 Å². The van der Waals surface area contributed by atoms with Gasteiger partial charge in [-0.05, 0) is 46.6 Å². The summed E-state index contributed by atoms with van der Waals surface area (Å²) >= 11 is 0. The topological polar surface area (TPSA) is 41.1 Å². The van der Waals surface area contributed by atoms with Gasteiger partial charge >= 0.3 is 0 Å². The molecule has 0 saturated heterocycles. The van der Waals surface area contributed by atoms with Gasteiger partial charge in [0.15, 0.2) is 0 Å². The van der Waals surface area contributed by atoms with Gasteiger partial charge in [0.25, 0.3) is 0 Å². The smallest absolute Gasteiger partial charge is 0.239 e. The molecule has 0 aromatic carbocycles. The number of carbonyl (C=O) groups excluding carboxylic acids is 1. The second kappa shape index (κ2) is 4.97. The van der Waals surface area contributed by atoms with E-state index in [9.17, 15) is 4.79 Å². The SMILES string of the molecule is CNC(C)(C)C(=O)N[C@H](C)C1CCCC1. The minimum Gasteiger partial charge on any atom is -0.352 e. The highest BCUT2D eigenvalue weighted by Gasteiger charge is 2.29. The van der Waals surface area contributed by atoms with E-state index in [1.807, 2.05) is 20.9 Å². The van der Waals surface area contributed by atoms with E-state index in [4.69, 9.17) is 0 Å². The summed E-state index contributed by atoms with van der Waals surface area (Å²) in [6.07, 6.45) is 5.17. The van der Waals surface area contributed by atoms with E-state index in [-0.39, 0.29) is 5.91 Å². The normalized spacial score (nSPS) is 20.3. The molecule has 0 heterocycles. The summed E-state index contributed by atoms with van der Waals surface area (Å²) in [5.74, 6) is 0.783. The number of nitrogens with one attached hydrogen (secondary N) is 2. The van der Waals surface area contributed by atoms with Gasteiger partial charge < -0.3 is 10.6 Å². The lowest BCUT2D eigenvalue weighted by Crippen LogP contribution is -2.54. The summed E-state index contributed by atoms with van der Waals surface area (Å²) in [4.78, 5) is 11.9. The van der Waals surface area contributed by atoms with Crippen LogP contribution in [-0.4, -0.2) is 24.5 Å². The number of hydrogen-bond donors (Lipinski definition) is 2. The Morgan fingerprint density at radius 2 is 1.87 bits per heavy atom. The Balaban J connectivity index is 2.43. The molecule has 15 heavy (non-hydrogen) atoms. The fourth-order valence-electron chi connectivity index (χ4n) is 2.08. The largest absolute Gasteiger partial charge is 0.352 e. The third kappa shape index (κ3) is 3.20. The lowest BCUT2D eigenvalue weighted by atomic mass is 9.97. The molecule has 1 rings (SSSR count). The standard InChI is InChI=1S/C12H24N2O/c1-9(10-7-5-6-8-10)14-11(15)12(2,3)13-4/h9-10,13H,5-8H2,1-4H3,(H,14,15)/t9-/m1/s1. The Morgan fingerprint density at radius 1 is 1.33 bits per heavy atom. The molecular weight excluding hydrogens is 188 g/mol. The van der Waals surface area contributed by atoms with Gasteiger partial charge in [-0.15, -0.1) is 0 Å². The minimum atomic E-state index is -0.465. The monoisotopic (exact) mass is 212 g/mol. The highest BCUT2D eigenvalue weighted by Crippen LogP contribution is 2.27. The molecule has 3 heteroatoms. The molecule has 0 aromatic heterocycles. The van der Waals surface area contributed by atoms with Crippen LogP contribution in [0.3, 0.4) is 0 Å². The average molecular weight is 212 g/mol. The molecule has 0 unspecified atom stereocenters. The summed E-state index contributed by atoms with van der Waals surface area (Å²) in [5.41, 5.74) is -0.465. The van der Waals surface area contributed by atoms with Crippen molar-refractivity contribution in [3.63, 3.8) is 0 Å². The summed E-state index contributed by atoms with van der Waals surface area (Å²) in [6.45, 7) is 5.94. The lowest BCUT2D eigenvalue weighted by Gasteiger charge is -2.28. The van der Waals surface area contributed by atoms with Crippen molar-refractivity contribution in [2.45, 2.75) is 58.0 Å². The van der Waals surface area contributed by atoms with E-state index >= 15 is 0 Å². The van der Waals surface area contributed by atoms with Crippen LogP contribution >= 0.6 is 0 Å². The molecule has 1 amide bonds. The first-order valence-electron chi connectivity index (χ1n) is 5.97. The molecule has 0 bridgehead atoms. The zero-order valence-electron chi connectivity index (χ0n) is 10.4. The van der Waals surface area contributed by atoms with Crippen molar-refractivity contribution in [2.24, 2.45) is 5.92 Å². The van der Waals surface area contributed by atoms with E-state index in [1.54, 1.807) is 0 Å². The Hall–Kier alpha value is -0.570. The second-order valence-electron chi connectivity index (χ2n) is 5.18. The zero-order valence-corrected chi connectivity index (χ0v) is 10.4. The van der Waals surface area contributed by atoms with Gasteiger partial charge in [-0.2, -0.15) is 0 Å². The van der Waals surface area contributed by atoms with Gasteiger partial charge in [-0.3, -0.25) is 4.79 Å². The second-order valence-corrected chi connectivity index (χ2v) is 5.18. The summed E-state index contributed by atoms with van der Waals surface area (Å²) in [5, 5.41) is 6.14. The first kappa shape index (κ1) is 12.5. The molecule has 0 spiro atoms. The first-order chi connectivity index (χ1) is 6.97. The van der Waals surface area contributed by atoms with Crippen molar-refractivity contribution in [1.29, 1.82) is 0 Å². The van der Waals surface area contributed by atoms with Crippen LogP contribution in [0.5, 0.6) is 0 Å². The molecule has 1 saturated carbocycles. The number of hydrogen-bond acceptors (Lipinski definition) is 2. The van der Waals surface area contributed by atoms with Crippen LogP contribution in [0, 0.1) is 5.92 Å². The van der Waals surface area contributed by atoms with Gasteiger partial charge in [-0.1, -0.05) is 12.8 Å². The molecule has 1 aliphatic carbocycles. The van der Waals surface area contributed by atoms with Crippen LogP contribution in [0.4, 0.5) is 0 Å². The van der Waals surface area contributed by atoms with Crippen molar-refractivity contribution in [3.05, 3.63) is 0 Å². The maximum Gasteiger partial charge on any atom is 0.239 e. The number of carbonyl (C=O) groups is 1.